The van der Waals surface area contributed by atoms with E-state index in [0.29, 0.717) is 29.5 Å². The second-order valence-corrected chi connectivity index (χ2v) is 7.44. The van der Waals surface area contributed by atoms with Crippen LogP contribution in [0.4, 0.5) is 0 Å². The number of pyridine rings is 1. The zero-order chi connectivity index (χ0) is 20.1. The van der Waals surface area contributed by atoms with Gasteiger partial charge in [0.05, 0.1) is 5.56 Å². The maximum Gasteiger partial charge on any atom is 0.228 e. The normalized spacial score (nSPS) is 18.1. The summed E-state index contributed by atoms with van der Waals surface area (Å²) >= 11 is 0. The number of carbonyl (C=O) groups excluding carboxylic acids is 1. The molecule has 0 fully saturated rings. The van der Waals surface area contributed by atoms with Crippen LogP contribution in [-0.2, 0) is 4.79 Å². The number of aromatic nitrogens is 5. The summed E-state index contributed by atoms with van der Waals surface area (Å²) in [5.74, 6) is 1.57. The largest absolute Gasteiger partial charge is 0.442 e. The van der Waals surface area contributed by atoms with Crippen LogP contribution >= 0.6 is 0 Å². The topological polar surface area (TPSA) is 82.3 Å². The third-order valence-electron chi connectivity index (χ3n) is 5.62. The van der Waals surface area contributed by atoms with Crippen LogP contribution in [0.5, 0.6) is 5.88 Å². The van der Waals surface area contributed by atoms with Gasteiger partial charge in [-0.15, -0.1) is 5.10 Å². The number of hydrogen-bond acceptors (Lipinski definition) is 6. The fourth-order valence-electron chi connectivity index (χ4n) is 4.30. The first-order chi connectivity index (χ1) is 14.8. The van der Waals surface area contributed by atoms with Gasteiger partial charge >= 0.3 is 0 Å². The summed E-state index contributed by atoms with van der Waals surface area (Å²) in [5.41, 5.74) is 3.81. The predicted octanol–water partition coefficient (Wildman–Crippen LogP) is 3.72. The molecule has 1 aliphatic carbocycles. The number of Topliss-reactive ketones (excluding diaryl/α,β-unsaturated/α-hetero) is 1. The van der Waals surface area contributed by atoms with Gasteiger partial charge in [-0.2, -0.15) is 0 Å². The standard InChI is InChI=1S/C23H17N5O2/c29-16-10-6-11-17-19(16)18(14-7-2-1-3-8-14)20-22-26-21(15-9-4-5-12-24-15)27-28(22)13-25-23(20)30-17/h1-5,7-9,12-13,18H,6,10-11H2/t18-/m0/s1. The zero-order valence-electron chi connectivity index (χ0n) is 16.0. The van der Waals surface area contributed by atoms with Crippen molar-refractivity contribution in [2.75, 3.05) is 0 Å². The number of nitrogens with zero attached hydrogens (tertiary/aromatic N) is 5. The van der Waals surface area contributed by atoms with Gasteiger partial charge in [0, 0.05) is 30.5 Å². The molecular weight excluding hydrogens is 378 g/mol. The van der Waals surface area contributed by atoms with Gasteiger partial charge < -0.3 is 4.74 Å². The van der Waals surface area contributed by atoms with Crippen LogP contribution in [0, 0.1) is 0 Å². The molecule has 2 aliphatic rings. The Labute approximate surface area is 172 Å². The first-order valence-corrected chi connectivity index (χ1v) is 9.95. The smallest absolute Gasteiger partial charge is 0.228 e. The Kier molecular flexibility index (Phi) is 3.74. The van der Waals surface area contributed by atoms with Crippen molar-refractivity contribution < 1.29 is 9.53 Å². The minimum atomic E-state index is -0.283. The molecule has 1 atom stereocenters. The third-order valence-corrected chi connectivity index (χ3v) is 5.62. The van der Waals surface area contributed by atoms with Crippen LogP contribution in [0.3, 0.4) is 0 Å². The summed E-state index contributed by atoms with van der Waals surface area (Å²) in [6.07, 6.45) is 5.38. The quantitative estimate of drug-likeness (QED) is 0.515. The second-order valence-electron chi connectivity index (χ2n) is 7.44. The fourth-order valence-corrected chi connectivity index (χ4v) is 4.30. The van der Waals surface area contributed by atoms with E-state index < -0.39 is 0 Å². The lowest BCUT2D eigenvalue weighted by atomic mass is 9.78. The summed E-state index contributed by atoms with van der Waals surface area (Å²) in [6.45, 7) is 0. The van der Waals surface area contributed by atoms with Crippen molar-refractivity contribution in [1.29, 1.82) is 0 Å². The Bertz CT molecular complexity index is 1310. The Morgan fingerprint density at radius 2 is 1.87 bits per heavy atom. The van der Waals surface area contributed by atoms with Gasteiger partial charge in [0.2, 0.25) is 11.7 Å². The van der Waals surface area contributed by atoms with E-state index in [1.807, 2.05) is 48.5 Å². The van der Waals surface area contributed by atoms with Crippen molar-refractivity contribution in [2.45, 2.75) is 25.2 Å². The summed E-state index contributed by atoms with van der Waals surface area (Å²) in [7, 11) is 0. The maximum atomic E-state index is 13.0. The molecule has 0 spiro atoms. The van der Waals surface area contributed by atoms with Gasteiger partial charge in [-0.05, 0) is 24.1 Å². The number of benzene rings is 1. The number of fused-ring (bicyclic) bond motifs is 3. The van der Waals surface area contributed by atoms with Crippen LogP contribution in [0.2, 0.25) is 0 Å². The number of rotatable bonds is 2. The van der Waals surface area contributed by atoms with E-state index in [-0.39, 0.29) is 11.7 Å². The second kappa shape index (κ2) is 6.59. The van der Waals surface area contributed by atoms with Crippen LogP contribution in [0.1, 0.15) is 36.3 Å². The van der Waals surface area contributed by atoms with E-state index in [4.69, 9.17) is 9.72 Å². The number of ether oxygens (including phenoxy) is 1. The third kappa shape index (κ3) is 2.55. The molecule has 1 aromatic carbocycles. The first-order valence-electron chi connectivity index (χ1n) is 9.95. The molecule has 4 aromatic rings. The molecule has 6 rings (SSSR count). The van der Waals surface area contributed by atoms with Gasteiger partial charge in [0.15, 0.2) is 11.4 Å². The maximum absolute atomic E-state index is 13.0. The molecule has 7 nitrogen and oxygen atoms in total. The molecule has 146 valence electrons. The number of hydrogen-bond donors (Lipinski definition) is 0. The molecule has 3 aromatic heterocycles. The molecule has 30 heavy (non-hydrogen) atoms. The molecule has 0 saturated carbocycles. The molecule has 0 radical (unpaired) electrons. The van der Waals surface area contributed by atoms with E-state index in [1.165, 1.54) is 0 Å². The lowest BCUT2D eigenvalue weighted by Gasteiger charge is -2.31. The predicted molar refractivity (Wildman–Crippen MR) is 109 cm³/mol. The molecule has 4 heterocycles. The summed E-state index contributed by atoms with van der Waals surface area (Å²) in [6, 6.07) is 15.6. The van der Waals surface area contributed by atoms with Crippen molar-refractivity contribution in [3.8, 4) is 17.4 Å². The SMILES string of the molecule is O=C1CCCC2=C1[C@H](c1ccccc1)c1c(ncn3nc(-c4ccccn4)nc13)O2. The minimum Gasteiger partial charge on any atom is -0.442 e. The molecule has 0 amide bonds. The molecule has 0 N–H and O–H groups in total. The fraction of sp³-hybridized carbons (Fsp3) is 0.174. The number of carbonyl (C=O) groups is 1. The lowest BCUT2D eigenvalue weighted by molar-refractivity contribution is -0.116. The monoisotopic (exact) mass is 395 g/mol. The minimum absolute atomic E-state index is 0.127. The highest BCUT2D eigenvalue weighted by atomic mass is 16.5. The van der Waals surface area contributed by atoms with Gasteiger partial charge in [0.1, 0.15) is 17.8 Å². The van der Waals surface area contributed by atoms with E-state index >= 15 is 0 Å². The van der Waals surface area contributed by atoms with Gasteiger partial charge in [-0.25, -0.2) is 14.5 Å². The van der Waals surface area contributed by atoms with Crippen molar-refractivity contribution in [3.63, 3.8) is 0 Å². The average Bonchev–Trinajstić information content (AvgIpc) is 3.24. The summed E-state index contributed by atoms with van der Waals surface area (Å²) in [5, 5.41) is 4.57. The van der Waals surface area contributed by atoms with Gasteiger partial charge in [-0.1, -0.05) is 36.4 Å². The lowest BCUT2D eigenvalue weighted by Crippen LogP contribution is -2.26. The average molecular weight is 395 g/mol. The number of ketones is 1. The molecular formula is C23H17N5O2. The van der Waals surface area contributed by atoms with Gasteiger partial charge in [0.25, 0.3) is 0 Å². The van der Waals surface area contributed by atoms with Crippen molar-refractivity contribution >= 4 is 11.4 Å². The molecule has 0 unspecified atom stereocenters. The summed E-state index contributed by atoms with van der Waals surface area (Å²) < 4.78 is 7.77. The van der Waals surface area contributed by atoms with Crippen LogP contribution in [-0.4, -0.2) is 30.3 Å². The Morgan fingerprint density at radius 1 is 1.00 bits per heavy atom. The van der Waals surface area contributed by atoms with Crippen LogP contribution in [0.25, 0.3) is 17.2 Å². The zero-order valence-corrected chi connectivity index (χ0v) is 16.0. The van der Waals surface area contributed by atoms with E-state index in [9.17, 15) is 4.79 Å². The Hall–Kier alpha value is -3.87. The highest BCUT2D eigenvalue weighted by Crippen LogP contribution is 2.47. The Balaban J connectivity index is 1.62. The van der Waals surface area contributed by atoms with Crippen molar-refractivity contribution in [2.24, 2.45) is 0 Å². The van der Waals surface area contributed by atoms with Crippen molar-refractivity contribution in [1.82, 2.24) is 24.6 Å². The molecule has 1 aliphatic heterocycles. The molecule has 0 saturated heterocycles. The van der Waals surface area contributed by atoms with Crippen molar-refractivity contribution in [3.05, 3.63) is 83.5 Å². The highest BCUT2D eigenvalue weighted by molar-refractivity contribution is 6.00. The summed E-state index contributed by atoms with van der Waals surface area (Å²) in [4.78, 5) is 26.6. The van der Waals surface area contributed by atoms with E-state index in [0.717, 1.165) is 35.3 Å². The number of allylic oxidation sites excluding steroid dienone is 2. The highest BCUT2D eigenvalue weighted by Gasteiger charge is 2.39. The Morgan fingerprint density at radius 3 is 2.70 bits per heavy atom. The van der Waals surface area contributed by atoms with Crippen LogP contribution in [0.15, 0.2) is 72.4 Å². The first kappa shape index (κ1) is 17.0. The molecule has 7 heteroatoms. The van der Waals surface area contributed by atoms with E-state index in [2.05, 4.69) is 15.1 Å². The van der Waals surface area contributed by atoms with Gasteiger partial charge in [-0.3, -0.25) is 9.78 Å². The van der Waals surface area contributed by atoms with E-state index in [1.54, 1.807) is 17.0 Å². The molecule has 0 bridgehead atoms. The van der Waals surface area contributed by atoms with Crippen LogP contribution < -0.4 is 4.74 Å².